The third kappa shape index (κ3) is 2.47. The maximum atomic E-state index is 10.5. The summed E-state index contributed by atoms with van der Waals surface area (Å²) in [5.74, 6) is 0.611. The van der Waals surface area contributed by atoms with Crippen molar-refractivity contribution in [1.29, 1.82) is 0 Å². The lowest BCUT2D eigenvalue weighted by atomic mass is 9.92. The number of halogens is 1. The van der Waals surface area contributed by atoms with E-state index in [1.807, 2.05) is 0 Å². The Morgan fingerprint density at radius 1 is 1.32 bits per heavy atom. The second-order valence-electron chi connectivity index (χ2n) is 4.57. The molecule has 7 heteroatoms. The van der Waals surface area contributed by atoms with Crippen molar-refractivity contribution >= 4 is 11.6 Å². The number of aliphatic hydroxyl groups is 1. The third-order valence-electron chi connectivity index (χ3n) is 3.21. The first-order chi connectivity index (χ1) is 9.17. The van der Waals surface area contributed by atoms with E-state index < -0.39 is 5.60 Å². The van der Waals surface area contributed by atoms with Crippen LogP contribution in [0.1, 0.15) is 18.7 Å². The summed E-state index contributed by atoms with van der Waals surface area (Å²) in [4.78, 5) is 8.36. The van der Waals surface area contributed by atoms with Crippen LogP contribution in [0.3, 0.4) is 0 Å². The average Bonchev–Trinajstić information content (AvgIpc) is 2.91. The van der Waals surface area contributed by atoms with Gasteiger partial charge in [-0.1, -0.05) is 16.8 Å². The fourth-order valence-electron chi connectivity index (χ4n) is 2.08. The molecule has 1 saturated heterocycles. The molecule has 19 heavy (non-hydrogen) atoms. The van der Waals surface area contributed by atoms with Crippen molar-refractivity contribution in [3.8, 4) is 11.5 Å². The molecule has 0 saturated carbocycles. The van der Waals surface area contributed by atoms with Crippen LogP contribution in [-0.4, -0.2) is 33.3 Å². The normalized spacial score (nSPS) is 18.4. The number of nitrogens with zero attached hydrogens (tertiary/aromatic N) is 3. The van der Waals surface area contributed by atoms with Crippen LogP contribution in [0.2, 0.25) is 5.02 Å². The van der Waals surface area contributed by atoms with Gasteiger partial charge in [0.05, 0.1) is 5.02 Å². The molecule has 6 nitrogen and oxygen atoms in total. The van der Waals surface area contributed by atoms with Crippen LogP contribution in [0.4, 0.5) is 0 Å². The Bertz CT molecular complexity index is 563. The summed E-state index contributed by atoms with van der Waals surface area (Å²) < 4.78 is 5.18. The molecular weight excluding hydrogens is 268 g/mol. The molecule has 2 N–H and O–H groups in total. The van der Waals surface area contributed by atoms with Crippen LogP contribution in [0, 0.1) is 0 Å². The number of rotatable bonds is 2. The van der Waals surface area contributed by atoms with Crippen LogP contribution < -0.4 is 5.32 Å². The number of hydrogen-bond acceptors (Lipinski definition) is 6. The number of pyridine rings is 1. The molecule has 0 aliphatic carbocycles. The van der Waals surface area contributed by atoms with E-state index >= 15 is 0 Å². The van der Waals surface area contributed by atoms with Crippen molar-refractivity contribution < 1.29 is 9.63 Å². The summed E-state index contributed by atoms with van der Waals surface area (Å²) in [5, 5.41) is 18.1. The zero-order chi connectivity index (χ0) is 13.3. The molecule has 1 aliphatic heterocycles. The molecule has 0 radical (unpaired) electrons. The van der Waals surface area contributed by atoms with Crippen molar-refractivity contribution in [2.75, 3.05) is 13.1 Å². The molecule has 3 heterocycles. The minimum absolute atomic E-state index is 0.251. The van der Waals surface area contributed by atoms with Crippen LogP contribution >= 0.6 is 11.6 Å². The molecule has 100 valence electrons. The quantitative estimate of drug-likeness (QED) is 0.864. The van der Waals surface area contributed by atoms with Gasteiger partial charge in [-0.2, -0.15) is 4.98 Å². The second-order valence-corrected chi connectivity index (χ2v) is 5.00. The van der Waals surface area contributed by atoms with E-state index in [9.17, 15) is 5.11 Å². The molecule has 0 amide bonds. The topological polar surface area (TPSA) is 84.1 Å². The highest BCUT2D eigenvalue weighted by atomic mass is 35.5. The van der Waals surface area contributed by atoms with Crippen molar-refractivity contribution in [2.24, 2.45) is 0 Å². The lowest BCUT2D eigenvalue weighted by Crippen LogP contribution is -2.39. The maximum absolute atomic E-state index is 10.5. The van der Waals surface area contributed by atoms with Crippen LogP contribution in [0.5, 0.6) is 0 Å². The smallest absolute Gasteiger partial charge is 0.259 e. The minimum Gasteiger partial charge on any atom is -0.380 e. The van der Waals surface area contributed by atoms with E-state index in [0.29, 0.717) is 29.4 Å². The Hall–Kier alpha value is -1.50. The maximum Gasteiger partial charge on any atom is 0.259 e. The summed E-state index contributed by atoms with van der Waals surface area (Å²) >= 11 is 5.77. The lowest BCUT2D eigenvalue weighted by Gasteiger charge is -2.28. The van der Waals surface area contributed by atoms with E-state index in [1.165, 1.54) is 6.20 Å². The van der Waals surface area contributed by atoms with Crippen molar-refractivity contribution in [1.82, 2.24) is 20.4 Å². The molecule has 1 aliphatic rings. The number of hydrogen-bond donors (Lipinski definition) is 2. The molecule has 0 spiro atoms. The van der Waals surface area contributed by atoms with Crippen molar-refractivity contribution in [2.45, 2.75) is 18.4 Å². The molecule has 0 atom stereocenters. The van der Waals surface area contributed by atoms with Gasteiger partial charge in [0.2, 0.25) is 5.82 Å². The van der Waals surface area contributed by atoms with Gasteiger partial charge in [0, 0.05) is 6.20 Å². The van der Waals surface area contributed by atoms with Crippen LogP contribution in [-0.2, 0) is 5.60 Å². The number of nitrogens with one attached hydrogen (secondary N) is 1. The number of piperidine rings is 1. The Kier molecular flexibility index (Phi) is 3.22. The molecule has 2 aromatic heterocycles. The molecular formula is C12H13ClN4O2. The lowest BCUT2D eigenvalue weighted by molar-refractivity contribution is -0.0228. The summed E-state index contributed by atoms with van der Waals surface area (Å²) in [6, 6.07) is 3.42. The first-order valence-corrected chi connectivity index (χ1v) is 6.44. The number of aromatic nitrogens is 3. The average molecular weight is 281 g/mol. The molecule has 1 fully saturated rings. The van der Waals surface area contributed by atoms with Gasteiger partial charge < -0.3 is 14.9 Å². The van der Waals surface area contributed by atoms with Gasteiger partial charge in [0.15, 0.2) is 0 Å². The zero-order valence-corrected chi connectivity index (χ0v) is 10.9. The molecule has 0 bridgehead atoms. The van der Waals surface area contributed by atoms with E-state index in [1.54, 1.807) is 12.1 Å². The first-order valence-electron chi connectivity index (χ1n) is 6.07. The predicted molar refractivity (Wildman–Crippen MR) is 68.5 cm³/mol. The third-order valence-corrected chi connectivity index (χ3v) is 3.43. The van der Waals surface area contributed by atoms with Gasteiger partial charge in [-0.3, -0.25) is 4.98 Å². The Morgan fingerprint density at radius 3 is 2.79 bits per heavy atom. The van der Waals surface area contributed by atoms with Gasteiger partial charge in [0.25, 0.3) is 5.89 Å². The van der Waals surface area contributed by atoms with E-state index in [0.717, 1.165) is 13.1 Å². The highest BCUT2D eigenvalue weighted by molar-refractivity contribution is 6.30. The van der Waals surface area contributed by atoms with Gasteiger partial charge in [0.1, 0.15) is 11.3 Å². The summed E-state index contributed by atoms with van der Waals surface area (Å²) in [6.45, 7) is 1.46. The summed E-state index contributed by atoms with van der Waals surface area (Å²) in [5.41, 5.74) is -0.472. The fourth-order valence-corrected chi connectivity index (χ4v) is 2.19. The highest BCUT2D eigenvalue weighted by Gasteiger charge is 2.37. The van der Waals surface area contributed by atoms with E-state index in [-0.39, 0.29) is 5.89 Å². The van der Waals surface area contributed by atoms with Crippen LogP contribution in [0.25, 0.3) is 11.5 Å². The SMILES string of the molecule is OC1(c2nc(-c3ccc(Cl)cn3)no2)CCNCC1. The second kappa shape index (κ2) is 4.88. The molecule has 0 unspecified atom stereocenters. The summed E-state index contributed by atoms with van der Waals surface area (Å²) in [6.07, 6.45) is 2.64. The van der Waals surface area contributed by atoms with E-state index in [2.05, 4.69) is 20.4 Å². The largest absolute Gasteiger partial charge is 0.380 e. The van der Waals surface area contributed by atoms with Crippen molar-refractivity contribution in [3.63, 3.8) is 0 Å². The monoisotopic (exact) mass is 280 g/mol. The predicted octanol–water partition coefficient (Wildman–Crippen LogP) is 1.36. The van der Waals surface area contributed by atoms with Crippen molar-refractivity contribution in [3.05, 3.63) is 29.2 Å². The fraction of sp³-hybridized carbons (Fsp3) is 0.417. The molecule has 3 rings (SSSR count). The Balaban J connectivity index is 1.88. The highest BCUT2D eigenvalue weighted by Crippen LogP contribution is 2.30. The van der Waals surface area contributed by atoms with E-state index in [4.69, 9.17) is 16.1 Å². The van der Waals surface area contributed by atoms with Crippen LogP contribution in [0.15, 0.2) is 22.9 Å². The first kappa shape index (κ1) is 12.5. The Labute approximate surface area is 114 Å². The minimum atomic E-state index is -1.04. The summed E-state index contributed by atoms with van der Waals surface area (Å²) in [7, 11) is 0. The van der Waals surface area contributed by atoms with Gasteiger partial charge in [-0.05, 0) is 38.1 Å². The Morgan fingerprint density at radius 2 is 2.11 bits per heavy atom. The standard InChI is InChI=1S/C12H13ClN4O2/c13-8-1-2-9(15-7-8)10-16-11(19-17-10)12(18)3-5-14-6-4-12/h1-2,7,14,18H,3-6H2. The van der Waals surface area contributed by atoms with Gasteiger partial charge >= 0.3 is 0 Å². The molecule has 0 aromatic carbocycles. The zero-order valence-electron chi connectivity index (χ0n) is 10.1. The van der Waals surface area contributed by atoms with Gasteiger partial charge in [-0.25, -0.2) is 0 Å². The molecule has 2 aromatic rings. The van der Waals surface area contributed by atoms with Gasteiger partial charge in [-0.15, -0.1) is 0 Å².